The summed E-state index contributed by atoms with van der Waals surface area (Å²) in [7, 11) is 0. The van der Waals surface area contributed by atoms with E-state index in [0.29, 0.717) is 11.1 Å². The summed E-state index contributed by atoms with van der Waals surface area (Å²) in [4.78, 5) is 77.2. The van der Waals surface area contributed by atoms with Crippen LogP contribution in [-0.2, 0) is 9.59 Å². The second-order valence-corrected chi connectivity index (χ2v) is 8.50. The number of aromatic hydroxyl groups is 1. The third-order valence-electron chi connectivity index (χ3n) is 5.81. The Morgan fingerprint density at radius 3 is 2.33 bits per heavy atom. The van der Waals surface area contributed by atoms with Crippen molar-refractivity contribution in [3.05, 3.63) is 129 Å². The first-order valence-corrected chi connectivity index (χ1v) is 12.3. The van der Waals surface area contributed by atoms with E-state index in [1.54, 1.807) is 36.7 Å². The fourth-order valence-corrected chi connectivity index (χ4v) is 3.76. The van der Waals surface area contributed by atoms with Gasteiger partial charge in [0.2, 0.25) is 12.3 Å². The first kappa shape index (κ1) is 28.8. The molecule has 0 bridgehead atoms. The van der Waals surface area contributed by atoms with E-state index < -0.39 is 29.1 Å². The lowest BCUT2D eigenvalue weighted by molar-refractivity contribution is -0.114. The zero-order valence-corrected chi connectivity index (χ0v) is 22.0. The number of carbonyl (C=O) groups is 3. The van der Waals surface area contributed by atoms with E-state index in [1.807, 2.05) is 5.32 Å². The van der Waals surface area contributed by atoms with Crippen LogP contribution in [0, 0.1) is 0 Å². The molecule has 0 spiro atoms. The standard InChI is InChI=1S/C29H23N7O6/c1-19(26(39)35(28(41)33-18-37)22-4-2-12-31-16-22)6-7-20(21-10-14-30-15-11-21)8-9-24-25(38)34-29(42)36(27(24)40)23-5-3-13-32-17-23/h2-18,38H,1H3,(H,34,42)(H,33,37,41)/b9-8?,19-6-,20-7?. The quantitative estimate of drug-likeness (QED) is 0.164. The van der Waals surface area contributed by atoms with Crippen molar-refractivity contribution in [1.82, 2.24) is 29.8 Å². The number of anilines is 1. The summed E-state index contributed by atoms with van der Waals surface area (Å²) in [6.45, 7) is 1.48. The van der Waals surface area contributed by atoms with E-state index in [0.717, 1.165) is 9.47 Å². The van der Waals surface area contributed by atoms with Crippen molar-refractivity contribution < 1.29 is 19.5 Å². The number of imide groups is 2. The number of aromatic nitrogens is 5. The second-order valence-electron chi connectivity index (χ2n) is 8.50. The number of allylic oxidation sites excluding steroid dienone is 4. The normalized spacial score (nSPS) is 11.7. The highest BCUT2D eigenvalue weighted by Crippen LogP contribution is 2.20. The van der Waals surface area contributed by atoms with Crippen molar-refractivity contribution in [2.24, 2.45) is 0 Å². The Kier molecular flexibility index (Phi) is 9.05. The minimum atomic E-state index is -0.965. The molecule has 3 N–H and O–H groups in total. The van der Waals surface area contributed by atoms with Crippen LogP contribution in [0.3, 0.4) is 0 Å². The van der Waals surface area contributed by atoms with Gasteiger partial charge in [-0.25, -0.2) is 19.1 Å². The Bertz CT molecular complexity index is 1810. The number of nitrogens with one attached hydrogen (secondary N) is 2. The molecule has 4 heterocycles. The zero-order valence-electron chi connectivity index (χ0n) is 22.0. The van der Waals surface area contributed by atoms with Crippen LogP contribution >= 0.6 is 0 Å². The molecular formula is C29H23N7O6. The lowest BCUT2D eigenvalue weighted by Crippen LogP contribution is -2.44. The topological polar surface area (TPSA) is 180 Å². The van der Waals surface area contributed by atoms with Crippen molar-refractivity contribution in [3.63, 3.8) is 0 Å². The Balaban J connectivity index is 1.76. The zero-order chi connectivity index (χ0) is 30.1. The van der Waals surface area contributed by atoms with Gasteiger partial charge in [-0.2, -0.15) is 0 Å². The van der Waals surface area contributed by atoms with Gasteiger partial charge in [-0.15, -0.1) is 0 Å². The van der Waals surface area contributed by atoms with E-state index in [9.17, 15) is 29.1 Å². The third kappa shape index (κ3) is 6.48. The van der Waals surface area contributed by atoms with Gasteiger partial charge in [0.1, 0.15) is 5.56 Å². The molecule has 0 saturated carbocycles. The van der Waals surface area contributed by atoms with Crippen molar-refractivity contribution in [3.8, 4) is 11.6 Å². The number of carbonyl (C=O) groups excluding carboxylic acids is 3. The highest BCUT2D eigenvalue weighted by atomic mass is 16.3. The molecule has 0 atom stereocenters. The molecule has 210 valence electrons. The minimum Gasteiger partial charge on any atom is -0.494 e. The van der Waals surface area contributed by atoms with Gasteiger partial charge in [0.25, 0.3) is 11.5 Å². The van der Waals surface area contributed by atoms with Crippen molar-refractivity contribution in [2.75, 3.05) is 4.90 Å². The number of amides is 4. The van der Waals surface area contributed by atoms with Crippen LogP contribution < -0.4 is 21.5 Å². The molecule has 4 rings (SSSR count). The number of pyridine rings is 3. The average molecular weight is 566 g/mol. The van der Waals surface area contributed by atoms with Gasteiger partial charge in [0, 0.05) is 30.4 Å². The number of nitrogens with zero attached hydrogens (tertiary/aromatic N) is 5. The number of urea groups is 1. The molecule has 0 saturated heterocycles. The average Bonchev–Trinajstić information content (AvgIpc) is 3.00. The third-order valence-corrected chi connectivity index (χ3v) is 5.81. The predicted molar refractivity (Wildman–Crippen MR) is 153 cm³/mol. The van der Waals surface area contributed by atoms with E-state index in [1.165, 1.54) is 68.1 Å². The summed E-state index contributed by atoms with van der Waals surface area (Å²) in [5.74, 6) is -1.36. The molecule has 0 unspecified atom stereocenters. The van der Waals surface area contributed by atoms with Gasteiger partial charge >= 0.3 is 11.7 Å². The number of rotatable bonds is 8. The predicted octanol–water partition coefficient (Wildman–Crippen LogP) is 2.36. The number of hydrogen-bond donors (Lipinski definition) is 3. The van der Waals surface area contributed by atoms with Crippen LogP contribution in [0.5, 0.6) is 5.88 Å². The van der Waals surface area contributed by atoms with Crippen LogP contribution in [0.2, 0.25) is 0 Å². The monoisotopic (exact) mass is 565 g/mol. The van der Waals surface area contributed by atoms with Crippen molar-refractivity contribution >= 4 is 35.7 Å². The molecule has 0 fully saturated rings. The Hall–Kier alpha value is -6.24. The van der Waals surface area contributed by atoms with Crippen molar-refractivity contribution in [1.29, 1.82) is 0 Å². The molecule has 0 aliphatic heterocycles. The van der Waals surface area contributed by atoms with Gasteiger partial charge in [0.05, 0.1) is 23.8 Å². The molecule has 0 aromatic carbocycles. The van der Waals surface area contributed by atoms with E-state index in [4.69, 9.17) is 0 Å². The molecule has 42 heavy (non-hydrogen) atoms. The molecule has 0 radical (unpaired) electrons. The van der Waals surface area contributed by atoms with Crippen LogP contribution in [0.4, 0.5) is 10.5 Å². The van der Waals surface area contributed by atoms with Crippen LogP contribution in [0.25, 0.3) is 17.3 Å². The van der Waals surface area contributed by atoms with E-state index in [-0.39, 0.29) is 28.9 Å². The Morgan fingerprint density at radius 2 is 1.69 bits per heavy atom. The van der Waals surface area contributed by atoms with Gasteiger partial charge in [-0.3, -0.25) is 39.6 Å². The summed E-state index contributed by atoms with van der Waals surface area (Å²) in [5, 5.41) is 12.3. The fraction of sp³-hybridized carbons (Fsp3) is 0.0345. The largest absolute Gasteiger partial charge is 0.494 e. The van der Waals surface area contributed by atoms with Gasteiger partial charge in [-0.1, -0.05) is 18.2 Å². The maximum Gasteiger partial charge on any atom is 0.335 e. The highest BCUT2D eigenvalue weighted by molar-refractivity contribution is 6.21. The molecule has 4 aromatic rings. The smallest absolute Gasteiger partial charge is 0.335 e. The van der Waals surface area contributed by atoms with Crippen LogP contribution in [0.15, 0.2) is 107 Å². The summed E-state index contributed by atoms with van der Waals surface area (Å²) >= 11 is 0. The molecule has 4 aromatic heterocycles. The van der Waals surface area contributed by atoms with Crippen molar-refractivity contribution in [2.45, 2.75) is 6.92 Å². The molecule has 13 nitrogen and oxygen atoms in total. The van der Waals surface area contributed by atoms with Gasteiger partial charge < -0.3 is 5.11 Å². The maximum atomic E-state index is 13.3. The van der Waals surface area contributed by atoms with Gasteiger partial charge in [-0.05, 0) is 60.5 Å². The Labute approximate surface area is 237 Å². The van der Waals surface area contributed by atoms with Gasteiger partial charge in [0.15, 0.2) is 0 Å². The summed E-state index contributed by atoms with van der Waals surface area (Å²) in [5.41, 5.74) is -0.256. The molecule has 0 aliphatic rings. The van der Waals surface area contributed by atoms with E-state index in [2.05, 4.69) is 19.9 Å². The lowest BCUT2D eigenvalue weighted by atomic mass is 10.0. The minimum absolute atomic E-state index is 0.116. The molecule has 0 aliphatic carbocycles. The first-order valence-electron chi connectivity index (χ1n) is 12.3. The summed E-state index contributed by atoms with van der Waals surface area (Å²) < 4.78 is 0.836. The van der Waals surface area contributed by atoms with E-state index >= 15 is 0 Å². The number of H-pyrrole nitrogens is 1. The molecular weight excluding hydrogens is 542 g/mol. The molecule has 4 amide bonds. The highest BCUT2D eigenvalue weighted by Gasteiger charge is 2.24. The van der Waals surface area contributed by atoms with Crippen LogP contribution in [-0.4, -0.2) is 48.0 Å². The second kappa shape index (κ2) is 13.2. The number of aromatic amines is 1. The van der Waals surface area contributed by atoms with Crippen LogP contribution in [0.1, 0.15) is 18.1 Å². The number of hydrogen-bond acceptors (Lipinski definition) is 9. The fourth-order valence-electron chi connectivity index (χ4n) is 3.76. The Morgan fingerprint density at radius 1 is 0.976 bits per heavy atom. The maximum absolute atomic E-state index is 13.3. The SMILES string of the molecule is C/C(=C/C=C(C=Cc1c(O)[nH]c(=O)n(-c2cccnc2)c1=O)c1ccncc1)C(=O)N(C(=O)NC=O)c1cccnc1. The summed E-state index contributed by atoms with van der Waals surface area (Å²) in [6, 6.07) is 8.49. The molecule has 13 heteroatoms. The first-order chi connectivity index (χ1) is 20.3. The lowest BCUT2D eigenvalue weighted by Gasteiger charge is -2.19. The summed E-state index contributed by atoms with van der Waals surface area (Å²) in [6.07, 6.45) is 14.7.